The van der Waals surface area contributed by atoms with E-state index in [9.17, 15) is 4.79 Å². The molecule has 8 heavy (non-hydrogen) atoms. The first-order valence-electron chi connectivity index (χ1n) is 2.63. The van der Waals surface area contributed by atoms with Crippen LogP contribution in [0.15, 0.2) is 0 Å². The summed E-state index contributed by atoms with van der Waals surface area (Å²) in [5.41, 5.74) is -0.458. The first kappa shape index (κ1) is 5.60. The summed E-state index contributed by atoms with van der Waals surface area (Å²) in [5.74, 6) is 0.403. The highest BCUT2D eigenvalue weighted by molar-refractivity contribution is 5.82. The first-order valence-corrected chi connectivity index (χ1v) is 2.63. The normalized spacial score (nSPS) is 37.2. The fourth-order valence-electron chi connectivity index (χ4n) is 0.744. The maximum Gasteiger partial charge on any atom is 0.309 e. The van der Waals surface area contributed by atoms with Crippen molar-refractivity contribution in [2.24, 2.45) is 5.41 Å². The summed E-state index contributed by atoms with van der Waals surface area (Å²) in [7, 11) is 0. The zero-order chi connectivity index (χ0) is 6.36. The van der Waals surface area contributed by atoms with Gasteiger partial charge in [-0.2, -0.15) is 0 Å². The van der Waals surface area contributed by atoms with Crippen molar-refractivity contribution < 1.29 is 9.90 Å². The molecule has 45 valence electrons. The molecule has 0 amide bonds. The van der Waals surface area contributed by atoms with Gasteiger partial charge in [-0.1, -0.05) is 6.92 Å². The van der Waals surface area contributed by atoms with Gasteiger partial charge in [0.1, 0.15) is 0 Å². The summed E-state index contributed by atoms with van der Waals surface area (Å²) in [5, 5.41) is 8.46. The number of carboxylic acids is 1. The van der Waals surface area contributed by atoms with Crippen LogP contribution in [-0.4, -0.2) is 11.1 Å². The average molecular weight is 113 g/mol. The van der Waals surface area contributed by atoms with Crippen molar-refractivity contribution in [3.05, 3.63) is 5.92 Å². The molecule has 1 aliphatic carbocycles. The van der Waals surface area contributed by atoms with E-state index in [-0.39, 0.29) is 0 Å². The van der Waals surface area contributed by atoms with Gasteiger partial charge >= 0.3 is 5.97 Å². The third-order valence-corrected chi connectivity index (χ3v) is 1.91. The molecular formula is C6H9O2. The summed E-state index contributed by atoms with van der Waals surface area (Å²) in [6, 6.07) is 0. The Labute approximate surface area is 48.5 Å². The van der Waals surface area contributed by atoms with E-state index in [1.54, 1.807) is 6.92 Å². The molecular weight excluding hydrogens is 104 g/mol. The largest absolute Gasteiger partial charge is 0.481 e. The van der Waals surface area contributed by atoms with E-state index in [4.69, 9.17) is 5.11 Å². The molecule has 1 radical (unpaired) electrons. The van der Waals surface area contributed by atoms with E-state index in [1.165, 1.54) is 0 Å². The highest BCUT2D eigenvalue weighted by Gasteiger charge is 2.53. The number of aliphatic carboxylic acids is 1. The number of carbonyl (C=O) groups is 1. The van der Waals surface area contributed by atoms with Crippen molar-refractivity contribution >= 4 is 5.97 Å². The van der Waals surface area contributed by atoms with E-state index in [0.29, 0.717) is 0 Å². The molecule has 1 rings (SSSR count). The number of carboxylic acid groups (broad SMARTS) is 1. The van der Waals surface area contributed by atoms with Gasteiger partial charge in [-0.3, -0.25) is 4.79 Å². The van der Waals surface area contributed by atoms with Gasteiger partial charge in [0.05, 0.1) is 5.41 Å². The van der Waals surface area contributed by atoms with Gasteiger partial charge in [0.2, 0.25) is 0 Å². The maximum atomic E-state index is 10.3. The second-order valence-electron chi connectivity index (χ2n) is 2.59. The fraction of sp³-hybridized carbons (Fsp3) is 0.667. The van der Waals surface area contributed by atoms with Crippen LogP contribution in [0.5, 0.6) is 0 Å². The lowest BCUT2D eigenvalue weighted by Gasteiger charge is -1.97. The summed E-state index contributed by atoms with van der Waals surface area (Å²) >= 11 is 0. The van der Waals surface area contributed by atoms with Crippen LogP contribution >= 0.6 is 0 Å². The second kappa shape index (κ2) is 1.24. The smallest absolute Gasteiger partial charge is 0.309 e. The first-order chi connectivity index (χ1) is 3.57. The van der Waals surface area contributed by atoms with Gasteiger partial charge in [0.25, 0.3) is 0 Å². The molecule has 2 nitrogen and oxygen atoms in total. The molecule has 1 N–H and O–H groups in total. The Hall–Kier alpha value is -0.530. The van der Waals surface area contributed by atoms with Crippen LogP contribution in [0.3, 0.4) is 0 Å². The Morgan fingerprint density at radius 1 is 1.88 bits per heavy atom. The average Bonchev–Trinajstić information content (AvgIpc) is 2.17. The molecule has 1 unspecified atom stereocenters. The predicted octanol–water partition coefficient (Wildman–Crippen LogP) is 1.08. The zero-order valence-corrected chi connectivity index (χ0v) is 5.06. The van der Waals surface area contributed by atoms with Crippen molar-refractivity contribution in [1.29, 1.82) is 0 Å². The van der Waals surface area contributed by atoms with Crippen LogP contribution in [0.4, 0.5) is 0 Å². The molecule has 0 aromatic rings. The fourth-order valence-corrected chi connectivity index (χ4v) is 0.744. The van der Waals surface area contributed by atoms with Gasteiger partial charge in [-0.15, -0.1) is 0 Å². The van der Waals surface area contributed by atoms with Crippen LogP contribution < -0.4 is 0 Å². The molecule has 1 atom stereocenters. The molecule has 1 saturated carbocycles. The van der Waals surface area contributed by atoms with Crippen molar-refractivity contribution in [3.8, 4) is 0 Å². The number of hydrogen-bond acceptors (Lipinski definition) is 1. The maximum absolute atomic E-state index is 10.3. The van der Waals surface area contributed by atoms with Gasteiger partial charge in [-0.05, 0) is 19.3 Å². The molecule has 2 heteroatoms. The van der Waals surface area contributed by atoms with E-state index in [1.807, 2.05) is 6.92 Å². The lowest BCUT2D eigenvalue weighted by atomic mass is 10.1. The summed E-state index contributed by atoms with van der Waals surface area (Å²) in [6.45, 7) is 3.64. The Morgan fingerprint density at radius 3 is 2.25 bits per heavy atom. The van der Waals surface area contributed by atoms with Crippen molar-refractivity contribution in [2.45, 2.75) is 20.3 Å². The molecule has 0 saturated heterocycles. The Morgan fingerprint density at radius 2 is 2.25 bits per heavy atom. The van der Waals surface area contributed by atoms with E-state index in [2.05, 4.69) is 0 Å². The molecule has 1 aliphatic rings. The second-order valence-corrected chi connectivity index (χ2v) is 2.59. The number of hydrogen-bond donors (Lipinski definition) is 1. The molecule has 0 aromatic carbocycles. The molecule has 0 aliphatic heterocycles. The quantitative estimate of drug-likeness (QED) is 0.552. The third-order valence-electron chi connectivity index (χ3n) is 1.91. The zero-order valence-electron chi connectivity index (χ0n) is 5.06. The van der Waals surface area contributed by atoms with Crippen molar-refractivity contribution in [3.63, 3.8) is 0 Å². The van der Waals surface area contributed by atoms with Gasteiger partial charge in [0.15, 0.2) is 0 Å². The highest BCUT2D eigenvalue weighted by Crippen LogP contribution is 2.53. The molecule has 0 aromatic heterocycles. The summed E-state index contributed by atoms with van der Waals surface area (Å²) in [4.78, 5) is 10.3. The highest BCUT2D eigenvalue weighted by atomic mass is 16.4. The van der Waals surface area contributed by atoms with E-state index < -0.39 is 11.4 Å². The van der Waals surface area contributed by atoms with E-state index >= 15 is 0 Å². The number of rotatable bonds is 1. The van der Waals surface area contributed by atoms with Gasteiger partial charge in [-0.25, -0.2) is 0 Å². The lowest BCUT2D eigenvalue weighted by molar-refractivity contribution is -0.142. The minimum atomic E-state index is -0.685. The van der Waals surface area contributed by atoms with E-state index in [0.717, 1.165) is 12.3 Å². The minimum absolute atomic E-state index is 0.458. The Kier molecular flexibility index (Phi) is 0.872. The standard InChI is InChI=1S/C6H9O2/c1-4-3-6(4,2)5(7)8/h3H2,1-2H3,(H,7,8). The lowest BCUT2D eigenvalue weighted by Crippen LogP contribution is -2.10. The van der Waals surface area contributed by atoms with Crippen molar-refractivity contribution in [1.82, 2.24) is 0 Å². The Balaban J connectivity index is 2.60. The third kappa shape index (κ3) is 0.522. The minimum Gasteiger partial charge on any atom is -0.481 e. The SMILES string of the molecule is C[C]1CC1(C)C(=O)O. The summed E-state index contributed by atoms with van der Waals surface area (Å²) in [6.07, 6.45) is 0.766. The molecule has 0 spiro atoms. The molecule has 1 fully saturated rings. The van der Waals surface area contributed by atoms with Crippen LogP contribution in [-0.2, 0) is 4.79 Å². The molecule has 0 bridgehead atoms. The molecule has 0 heterocycles. The van der Waals surface area contributed by atoms with Crippen LogP contribution in [0.1, 0.15) is 20.3 Å². The van der Waals surface area contributed by atoms with Crippen LogP contribution in [0, 0.1) is 11.3 Å². The van der Waals surface area contributed by atoms with Crippen molar-refractivity contribution in [2.75, 3.05) is 0 Å². The predicted molar refractivity (Wildman–Crippen MR) is 29.3 cm³/mol. The Bertz CT molecular complexity index is 130. The monoisotopic (exact) mass is 113 g/mol. The van der Waals surface area contributed by atoms with Gasteiger partial charge in [0, 0.05) is 0 Å². The van der Waals surface area contributed by atoms with Gasteiger partial charge < -0.3 is 5.11 Å². The van der Waals surface area contributed by atoms with Crippen LogP contribution in [0.25, 0.3) is 0 Å². The summed E-state index contributed by atoms with van der Waals surface area (Å²) < 4.78 is 0. The topological polar surface area (TPSA) is 37.3 Å². The van der Waals surface area contributed by atoms with Crippen LogP contribution in [0.2, 0.25) is 0 Å².